The summed E-state index contributed by atoms with van der Waals surface area (Å²) in [6, 6.07) is 33.5. The molecule has 0 radical (unpaired) electrons. The van der Waals surface area contributed by atoms with Crippen LogP contribution in [0.3, 0.4) is 0 Å². The van der Waals surface area contributed by atoms with E-state index in [9.17, 15) is 9.59 Å². The van der Waals surface area contributed by atoms with Gasteiger partial charge in [-0.25, -0.2) is 0 Å². The minimum Gasteiger partial charge on any atom is -0.487 e. The van der Waals surface area contributed by atoms with Crippen LogP contribution in [0.15, 0.2) is 146 Å². The van der Waals surface area contributed by atoms with Crippen molar-refractivity contribution in [2.75, 3.05) is 0 Å². The molecule has 0 heterocycles. The minimum atomic E-state index is -0.245. The van der Waals surface area contributed by atoms with Crippen LogP contribution in [0.4, 0.5) is 0 Å². The quantitative estimate of drug-likeness (QED) is 0.0862. The molecule has 0 saturated heterocycles. The van der Waals surface area contributed by atoms with Gasteiger partial charge in [0.05, 0.1) is 12.5 Å². The molecule has 0 spiro atoms. The van der Waals surface area contributed by atoms with Crippen molar-refractivity contribution in [3.05, 3.63) is 168 Å². The van der Waals surface area contributed by atoms with Crippen LogP contribution >= 0.6 is 0 Å². The first kappa shape index (κ1) is 30.5. The van der Waals surface area contributed by atoms with E-state index in [0.717, 1.165) is 11.1 Å². The van der Waals surface area contributed by atoms with Crippen molar-refractivity contribution >= 4 is 23.7 Å². The Balaban J connectivity index is 1.17. The Morgan fingerprint density at radius 1 is 0.535 bits per heavy atom. The number of rotatable bonds is 14. The lowest BCUT2D eigenvalue weighted by Gasteiger charge is -2.11. The fourth-order valence-electron chi connectivity index (χ4n) is 3.93. The summed E-state index contributed by atoms with van der Waals surface area (Å²) in [5, 5.41) is 0. The predicted octanol–water partition coefficient (Wildman–Crippen LogP) is 8.76. The number of carbonyl (C=O) groups excluding carboxylic acids is 2. The molecule has 0 aliphatic carbocycles. The van der Waals surface area contributed by atoms with Crippen LogP contribution in [-0.2, 0) is 4.74 Å². The molecule has 0 amide bonds. The van der Waals surface area contributed by atoms with Gasteiger partial charge in [-0.05, 0) is 97.8 Å². The normalized spacial score (nSPS) is 13.0. The monoisotopic (exact) mass is 570 g/mol. The molecule has 2 atom stereocenters. The van der Waals surface area contributed by atoms with Gasteiger partial charge in [0.1, 0.15) is 23.7 Å². The number of carbonyl (C=O) groups is 2. The van der Waals surface area contributed by atoms with Gasteiger partial charge in [-0.2, -0.15) is 0 Å². The third-order valence-electron chi connectivity index (χ3n) is 6.23. The highest BCUT2D eigenvalue weighted by Crippen LogP contribution is 2.17. The highest BCUT2D eigenvalue weighted by Gasteiger charge is 2.06. The van der Waals surface area contributed by atoms with E-state index in [1.165, 1.54) is 0 Å². The molecule has 0 fully saturated rings. The van der Waals surface area contributed by atoms with E-state index in [-0.39, 0.29) is 23.8 Å². The van der Waals surface area contributed by atoms with Crippen LogP contribution in [-0.4, -0.2) is 23.8 Å². The first-order valence-electron chi connectivity index (χ1n) is 14.0. The second-order valence-electron chi connectivity index (χ2n) is 9.70. The highest BCUT2D eigenvalue weighted by molar-refractivity contribution is 6.07. The van der Waals surface area contributed by atoms with E-state index in [1.54, 1.807) is 97.5 Å². The van der Waals surface area contributed by atoms with Crippen LogP contribution in [0.25, 0.3) is 12.2 Å². The van der Waals surface area contributed by atoms with Crippen LogP contribution in [0.5, 0.6) is 11.5 Å². The molecule has 2 unspecified atom stereocenters. The average Bonchev–Trinajstić information content (AvgIpc) is 3.04. The lowest BCUT2D eigenvalue weighted by molar-refractivity contribution is 0.103. The zero-order chi connectivity index (χ0) is 30.3. The van der Waals surface area contributed by atoms with E-state index < -0.39 is 0 Å². The van der Waals surface area contributed by atoms with Gasteiger partial charge in [0, 0.05) is 11.1 Å². The summed E-state index contributed by atoms with van der Waals surface area (Å²) in [6.45, 7) is 3.78. The zero-order valence-corrected chi connectivity index (χ0v) is 24.2. The molecule has 0 aliphatic heterocycles. The maximum atomic E-state index is 12.4. The van der Waals surface area contributed by atoms with E-state index in [2.05, 4.69) is 0 Å². The molecular weight excluding hydrogens is 536 g/mol. The molecule has 0 bridgehead atoms. The fraction of sp³-hybridized carbons (Fsp3) is 0.105. The summed E-state index contributed by atoms with van der Waals surface area (Å²) >= 11 is 0. The molecule has 0 saturated carbocycles. The lowest BCUT2D eigenvalue weighted by Crippen LogP contribution is -2.09. The molecule has 4 aromatic carbocycles. The summed E-state index contributed by atoms with van der Waals surface area (Å²) in [6.07, 6.45) is 12.9. The number of ether oxygens (including phenoxy) is 3. The minimum absolute atomic E-state index is 0.0687. The van der Waals surface area contributed by atoms with Gasteiger partial charge in [0.15, 0.2) is 11.6 Å². The van der Waals surface area contributed by atoms with Crippen LogP contribution in [0, 0.1) is 0 Å². The maximum Gasteiger partial charge on any atom is 0.185 e. The first-order valence-corrected chi connectivity index (χ1v) is 14.0. The Morgan fingerprint density at radius 3 is 1.28 bits per heavy atom. The number of ketones is 2. The summed E-state index contributed by atoms with van der Waals surface area (Å²) in [5.41, 5.74) is 3.13. The van der Waals surface area contributed by atoms with Crippen molar-refractivity contribution in [2.45, 2.75) is 26.1 Å². The Kier molecular flexibility index (Phi) is 11.5. The number of hydrogen-bond acceptors (Lipinski definition) is 5. The van der Waals surface area contributed by atoms with Gasteiger partial charge in [0.25, 0.3) is 0 Å². The van der Waals surface area contributed by atoms with Crippen molar-refractivity contribution in [2.24, 2.45) is 0 Å². The average molecular weight is 571 g/mol. The smallest absolute Gasteiger partial charge is 0.185 e. The zero-order valence-electron chi connectivity index (χ0n) is 24.2. The standard InChI is InChI=1S/C38H34O5/c1-29(42-35-19-15-33(16-20-35)37(39)23-13-31-9-5-3-6-10-31)25-27-41-28-26-30(2)43-36-21-17-34(18-22-36)38(40)24-14-32-11-7-4-8-12-32/h3-30H,1-2H3/b23-13+,24-14+,27-25+,28-26+. The van der Waals surface area contributed by atoms with Crippen molar-refractivity contribution in [1.82, 2.24) is 0 Å². The SMILES string of the molecule is CC(/C=C/O/C=C/C(C)Oc1ccc(C(=O)/C=C/c2ccccc2)cc1)Oc1ccc(C(=O)/C=C/c2ccccc2)cc1. The van der Waals surface area contributed by atoms with Crippen molar-refractivity contribution in [1.29, 1.82) is 0 Å². The fourth-order valence-corrected chi connectivity index (χ4v) is 3.93. The van der Waals surface area contributed by atoms with Crippen molar-refractivity contribution in [3.63, 3.8) is 0 Å². The Hall–Kier alpha value is -5.42. The Bertz CT molecular complexity index is 1440. The Morgan fingerprint density at radius 2 is 0.907 bits per heavy atom. The molecule has 0 N–H and O–H groups in total. The number of hydrogen-bond donors (Lipinski definition) is 0. The van der Waals surface area contributed by atoms with E-state index >= 15 is 0 Å². The molecular formula is C38H34O5. The highest BCUT2D eigenvalue weighted by atomic mass is 16.5. The molecule has 0 aromatic heterocycles. The topological polar surface area (TPSA) is 61.8 Å². The lowest BCUT2D eigenvalue weighted by atomic mass is 10.1. The molecule has 4 rings (SSSR count). The summed E-state index contributed by atoms with van der Waals surface area (Å²) in [5.74, 6) is 1.16. The summed E-state index contributed by atoms with van der Waals surface area (Å²) < 4.78 is 17.2. The van der Waals surface area contributed by atoms with Gasteiger partial charge in [0.2, 0.25) is 0 Å². The third-order valence-corrected chi connectivity index (χ3v) is 6.23. The van der Waals surface area contributed by atoms with E-state index in [1.807, 2.05) is 74.5 Å². The van der Waals surface area contributed by atoms with E-state index in [4.69, 9.17) is 14.2 Å². The Labute approximate surface area is 253 Å². The van der Waals surface area contributed by atoms with Crippen LogP contribution < -0.4 is 9.47 Å². The van der Waals surface area contributed by atoms with Gasteiger partial charge in [-0.3, -0.25) is 9.59 Å². The summed E-state index contributed by atoms with van der Waals surface area (Å²) in [7, 11) is 0. The molecule has 216 valence electrons. The molecule has 43 heavy (non-hydrogen) atoms. The van der Waals surface area contributed by atoms with Gasteiger partial charge < -0.3 is 14.2 Å². The molecule has 5 heteroatoms. The number of benzene rings is 4. The van der Waals surface area contributed by atoms with Gasteiger partial charge >= 0.3 is 0 Å². The predicted molar refractivity (Wildman–Crippen MR) is 172 cm³/mol. The third kappa shape index (κ3) is 10.5. The van der Waals surface area contributed by atoms with Crippen molar-refractivity contribution < 1.29 is 23.8 Å². The second-order valence-corrected chi connectivity index (χ2v) is 9.70. The largest absolute Gasteiger partial charge is 0.487 e. The maximum absolute atomic E-state index is 12.4. The molecule has 0 aliphatic rings. The van der Waals surface area contributed by atoms with Gasteiger partial charge in [-0.15, -0.1) is 0 Å². The second kappa shape index (κ2) is 16.1. The summed E-state index contributed by atoms with van der Waals surface area (Å²) in [4.78, 5) is 24.8. The van der Waals surface area contributed by atoms with Crippen LogP contribution in [0.1, 0.15) is 45.7 Å². The van der Waals surface area contributed by atoms with Gasteiger partial charge in [-0.1, -0.05) is 72.8 Å². The first-order chi connectivity index (χ1) is 21.0. The number of allylic oxidation sites excluding steroid dienone is 2. The molecule has 4 aromatic rings. The van der Waals surface area contributed by atoms with E-state index in [0.29, 0.717) is 22.6 Å². The van der Waals surface area contributed by atoms with Crippen molar-refractivity contribution in [3.8, 4) is 11.5 Å². The van der Waals surface area contributed by atoms with Crippen LogP contribution in [0.2, 0.25) is 0 Å². The molecule has 5 nitrogen and oxygen atoms in total.